The molecule has 2 rings (SSSR count). The van der Waals surface area contributed by atoms with Gasteiger partial charge in [-0.05, 0) is 13.0 Å². The molecule has 0 aromatic heterocycles. The molecule has 18 heavy (non-hydrogen) atoms. The standard InChI is InChI=1S/C13H13NO4/c1-7(15)10-11(14-13(17)12(10)16)8-5-3-4-6-9(8)18-2/h3-6,11,16H,1-2H3,(H,14,17). The lowest BCUT2D eigenvalue weighted by Crippen LogP contribution is -2.23. The van der Waals surface area contributed by atoms with Gasteiger partial charge in [0.25, 0.3) is 5.91 Å². The molecule has 2 N–H and O–H groups in total. The molecule has 5 nitrogen and oxygen atoms in total. The molecule has 1 atom stereocenters. The highest BCUT2D eigenvalue weighted by Crippen LogP contribution is 2.34. The lowest BCUT2D eigenvalue weighted by molar-refractivity contribution is -0.119. The minimum Gasteiger partial charge on any atom is -0.503 e. The van der Waals surface area contributed by atoms with Crippen LogP contribution >= 0.6 is 0 Å². The molecule has 1 amide bonds. The number of carbonyl (C=O) groups is 2. The monoisotopic (exact) mass is 247 g/mol. The minimum atomic E-state index is -0.661. The smallest absolute Gasteiger partial charge is 0.287 e. The van der Waals surface area contributed by atoms with E-state index >= 15 is 0 Å². The summed E-state index contributed by atoms with van der Waals surface area (Å²) in [6, 6.07) is 6.37. The third-order valence-electron chi connectivity index (χ3n) is 2.86. The normalized spacial score (nSPS) is 18.8. The lowest BCUT2D eigenvalue weighted by Gasteiger charge is -2.16. The average Bonchev–Trinajstić information content (AvgIpc) is 2.65. The van der Waals surface area contributed by atoms with Gasteiger partial charge < -0.3 is 15.2 Å². The maximum atomic E-state index is 11.5. The molecule has 0 fully saturated rings. The van der Waals surface area contributed by atoms with E-state index in [1.807, 2.05) is 0 Å². The van der Waals surface area contributed by atoms with Crippen LogP contribution in [-0.2, 0) is 9.59 Å². The van der Waals surface area contributed by atoms with Crippen LogP contribution in [0.15, 0.2) is 35.6 Å². The van der Waals surface area contributed by atoms with E-state index in [1.54, 1.807) is 24.3 Å². The van der Waals surface area contributed by atoms with E-state index in [0.717, 1.165) is 0 Å². The number of Topliss-reactive ketones (excluding diaryl/α,β-unsaturated/α-hetero) is 1. The van der Waals surface area contributed by atoms with Crippen molar-refractivity contribution in [3.8, 4) is 5.75 Å². The number of benzene rings is 1. The molecule has 0 saturated heterocycles. The van der Waals surface area contributed by atoms with Crippen molar-refractivity contribution in [1.82, 2.24) is 5.32 Å². The first-order valence-electron chi connectivity index (χ1n) is 5.44. The van der Waals surface area contributed by atoms with Gasteiger partial charge in [0.15, 0.2) is 11.5 Å². The van der Waals surface area contributed by atoms with E-state index in [9.17, 15) is 14.7 Å². The Morgan fingerprint density at radius 2 is 2.06 bits per heavy atom. The molecular formula is C13H13NO4. The van der Waals surface area contributed by atoms with Crippen molar-refractivity contribution in [2.45, 2.75) is 13.0 Å². The van der Waals surface area contributed by atoms with E-state index in [-0.39, 0.29) is 11.4 Å². The summed E-state index contributed by atoms with van der Waals surface area (Å²) >= 11 is 0. The van der Waals surface area contributed by atoms with Crippen LogP contribution in [0, 0.1) is 0 Å². The maximum absolute atomic E-state index is 11.5. The number of methoxy groups -OCH3 is 1. The SMILES string of the molecule is COc1ccccc1C1NC(=O)C(O)=C1C(C)=O. The molecule has 1 aliphatic rings. The van der Waals surface area contributed by atoms with Crippen LogP contribution < -0.4 is 10.1 Å². The van der Waals surface area contributed by atoms with E-state index in [2.05, 4.69) is 5.32 Å². The lowest BCUT2D eigenvalue weighted by atomic mass is 9.97. The van der Waals surface area contributed by atoms with Crippen LogP contribution in [-0.4, -0.2) is 23.9 Å². The van der Waals surface area contributed by atoms with Crippen molar-refractivity contribution in [3.05, 3.63) is 41.2 Å². The third-order valence-corrected chi connectivity index (χ3v) is 2.86. The van der Waals surface area contributed by atoms with Gasteiger partial charge >= 0.3 is 0 Å². The molecule has 1 aliphatic heterocycles. The first-order chi connectivity index (χ1) is 8.56. The zero-order valence-electron chi connectivity index (χ0n) is 10.1. The molecule has 0 radical (unpaired) electrons. The Morgan fingerprint density at radius 3 is 2.67 bits per heavy atom. The van der Waals surface area contributed by atoms with Crippen molar-refractivity contribution < 1.29 is 19.4 Å². The third kappa shape index (κ3) is 1.84. The second-order valence-electron chi connectivity index (χ2n) is 3.97. The Hall–Kier alpha value is -2.30. The summed E-state index contributed by atoms with van der Waals surface area (Å²) in [6.07, 6.45) is 0. The quantitative estimate of drug-likeness (QED) is 0.843. The number of rotatable bonds is 3. The molecular weight excluding hydrogens is 234 g/mol. The topological polar surface area (TPSA) is 75.6 Å². The number of nitrogens with one attached hydrogen (secondary N) is 1. The Balaban J connectivity index is 2.52. The van der Waals surface area contributed by atoms with Crippen LogP contribution in [0.1, 0.15) is 18.5 Å². The summed E-state index contributed by atoms with van der Waals surface area (Å²) in [6.45, 7) is 1.31. The molecule has 1 heterocycles. The Morgan fingerprint density at radius 1 is 1.39 bits per heavy atom. The zero-order chi connectivity index (χ0) is 13.3. The first-order valence-corrected chi connectivity index (χ1v) is 5.44. The fraction of sp³-hybridized carbons (Fsp3) is 0.231. The number of ether oxygens (including phenoxy) is 1. The van der Waals surface area contributed by atoms with E-state index in [1.165, 1.54) is 14.0 Å². The summed E-state index contributed by atoms with van der Waals surface area (Å²) in [4.78, 5) is 23.0. The number of aliphatic hydroxyl groups excluding tert-OH is 1. The van der Waals surface area contributed by atoms with Crippen LogP contribution in [0.25, 0.3) is 0 Å². The predicted octanol–water partition coefficient (Wildman–Crippen LogP) is 1.27. The van der Waals surface area contributed by atoms with Crippen molar-refractivity contribution in [1.29, 1.82) is 0 Å². The maximum Gasteiger partial charge on any atom is 0.287 e. The van der Waals surface area contributed by atoms with Crippen LogP contribution in [0.4, 0.5) is 0 Å². The van der Waals surface area contributed by atoms with Crippen LogP contribution in [0.2, 0.25) is 0 Å². The highest BCUT2D eigenvalue weighted by Gasteiger charge is 2.36. The number of hydrogen-bond acceptors (Lipinski definition) is 4. The largest absolute Gasteiger partial charge is 0.503 e. The Labute approximate surface area is 104 Å². The number of amides is 1. The molecule has 1 aromatic carbocycles. The minimum absolute atomic E-state index is 0.0736. The van der Waals surface area contributed by atoms with Gasteiger partial charge in [-0.3, -0.25) is 9.59 Å². The Bertz CT molecular complexity index is 548. The first kappa shape index (κ1) is 12.2. The second-order valence-corrected chi connectivity index (χ2v) is 3.97. The highest BCUT2D eigenvalue weighted by molar-refractivity contribution is 6.08. The van der Waals surface area contributed by atoms with Crippen LogP contribution in [0.5, 0.6) is 5.75 Å². The van der Waals surface area contributed by atoms with Gasteiger partial charge in [-0.2, -0.15) is 0 Å². The highest BCUT2D eigenvalue weighted by atomic mass is 16.5. The summed E-state index contributed by atoms with van der Waals surface area (Å²) < 4.78 is 5.19. The number of ketones is 1. The molecule has 0 aliphatic carbocycles. The Kier molecular flexibility index (Phi) is 3.06. The molecule has 0 spiro atoms. The van der Waals surface area contributed by atoms with Crippen LogP contribution in [0.3, 0.4) is 0 Å². The molecule has 5 heteroatoms. The molecule has 1 aromatic rings. The number of carbonyl (C=O) groups excluding carboxylic acids is 2. The molecule has 0 bridgehead atoms. The van der Waals surface area contributed by atoms with E-state index < -0.39 is 17.7 Å². The van der Waals surface area contributed by atoms with E-state index in [0.29, 0.717) is 11.3 Å². The van der Waals surface area contributed by atoms with Gasteiger partial charge in [-0.15, -0.1) is 0 Å². The van der Waals surface area contributed by atoms with Gasteiger partial charge in [-0.25, -0.2) is 0 Å². The summed E-state index contributed by atoms with van der Waals surface area (Å²) in [7, 11) is 1.51. The van der Waals surface area contributed by atoms with Gasteiger partial charge in [0.1, 0.15) is 5.75 Å². The zero-order valence-corrected chi connectivity index (χ0v) is 10.1. The fourth-order valence-electron chi connectivity index (χ4n) is 2.04. The summed E-state index contributed by atoms with van der Waals surface area (Å²) in [5.74, 6) is -0.951. The molecule has 94 valence electrons. The molecule has 0 saturated carbocycles. The number of para-hydroxylation sites is 1. The summed E-state index contributed by atoms with van der Waals surface area (Å²) in [5.41, 5.74) is 0.715. The second kappa shape index (κ2) is 4.52. The average molecular weight is 247 g/mol. The fourth-order valence-corrected chi connectivity index (χ4v) is 2.04. The van der Waals surface area contributed by atoms with E-state index in [4.69, 9.17) is 4.74 Å². The number of aliphatic hydroxyl groups is 1. The molecule has 1 unspecified atom stereocenters. The summed E-state index contributed by atoms with van der Waals surface area (Å²) in [5, 5.41) is 12.2. The number of hydrogen-bond donors (Lipinski definition) is 2. The van der Waals surface area contributed by atoms with Gasteiger partial charge in [0, 0.05) is 5.56 Å². The van der Waals surface area contributed by atoms with Crippen molar-refractivity contribution in [2.24, 2.45) is 0 Å². The van der Waals surface area contributed by atoms with Crippen molar-refractivity contribution in [3.63, 3.8) is 0 Å². The van der Waals surface area contributed by atoms with Gasteiger partial charge in [0.2, 0.25) is 0 Å². The van der Waals surface area contributed by atoms with Crippen molar-refractivity contribution >= 4 is 11.7 Å². The predicted molar refractivity (Wildman–Crippen MR) is 64.2 cm³/mol. The van der Waals surface area contributed by atoms with Gasteiger partial charge in [0.05, 0.1) is 18.7 Å². The van der Waals surface area contributed by atoms with Crippen molar-refractivity contribution in [2.75, 3.05) is 7.11 Å². The van der Waals surface area contributed by atoms with Gasteiger partial charge in [-0.1, -0.05) is 18.2 Å².